The van der Waals surface area contributed by atoms with Gasteiger partial charge in [-0.25, -0.2) is 9.37 Å². The highest BCUT2D eigenvalue weighted by molar-refractivity contribution is 5.75. The van der Waals surface area contributed by atoms with E-state index in [1.165, 1.54) is 10.9 Å². The minimum absolute atomic E-state index is 0.117. The SMILES string of the molecule is NCc1ccnc(-n2nnc3ccccc32)c1F. The Morgan fingerprint density at radius 3 is 2.89 bits per heavy atom. The van der Waals surface area contributed by atoms with Crippen LogP contribution in [0.15, 0.2) is 36.5 Å². The molecule has 3 aromatic rings. The van der Waals surface area contributed by atoms with E-state index in [2.05, 4.69) is 15.3 Å². The van der Waals surface area contributed by atoms with Crippen LogP contribution in [0.1, 0.15) is 5.56 Å². The molecule has 90 valence electrons. The lowest BCUT2D eigenvalue weighted by atomic mass is 10.2. The predicted molar refractivity (Wildman–Crippen MR) is 64.5 cm³/mol. The largest absolute Gasteiger partial charge is 0.326 e. The van der Waals surface area contributed by atoms with Gasteiger partial charge in [-0.3, -0.25) is 0 Å². The van der Waals surface area contributed by atoms with Crippen molar-refractivity contribution in [3.63, 3.8) is 0 Å². The van der Waals surface area contributed by atoms with Gasteiger partial charge in [-0.2, -0.15) is 4.68 Å². The summed E-state index contributed by atoms with van der Waals surface area (Å²) in [6.45, 7) is 0.119. The Hall–Kier alpha value is -2.34. The minimum Gasteiger partial charge on any atom is -0.326 e. The van der Waals surface area contributed by atoms with Crippen LogP contribution in [-0.4, -0.2) is 20.0 Å². The molecule has 0 aliphatic heterocycles. The Bertz CT molecular complexity index is 707. The van der Waals surface area contributed by atoms with Gasteiger partial charge in [-0.15, -0.1) is 5.10 Å². The lowest BCUT2D eigenvalue weighted by molar-refractivity contribution is 0.584. The standard InChI is InChI=1S/C12H10FN5/c13-11-8(7-14)5-6-15-12(11)18-10-4-2-1-3-9(10)16-17-18/h1-6H,7,14H2. The van der Waals surface area contributed by atoms with E-state index >= 15 is 0 Å². The molecular formula is C12H10FN5. The maximum atomic E-state index is 14.1. The van der Waals surface area contributed by atoms with Gasteiger partial charge >= 0.3 is 0 Å². The van der Waals surface area contributed by atoms with Gasteiger partial charge in [0.2, 0.25) is 0 Å². The maximum absolute atomic E-state index is 14.1. The number of halogens is 1. The van der Waals surface area contributed by atoms with Crippen molar-refractivity contribution in [2.75, 3.05) is 0 Å². The number of fused-ring (bicyclic) bond motifs is 1. The van der Waals surface area contributed by atoms with Crippen LogP contribution < -0.4 is 5.73 Å². The molecular weight excluding hydrogens is 233 g/mol. The van der Waals surface area contributed by atoms with Crippen LogP contribution in [0.25, 0.3) is 16.9 Å². The highest BCUT2D eigenvalue weighted by atomic mass is 19.1. The molecule has 2 heterocycles. The number of para-hydroxylation sites is 1. The number of rotatable bonds is 2. The topological polar surface area (TPSA) is 69.6 Å². The number of aromatic nitrogens is 4. The van der Waals surface area contributed by atoms with E-state index in [4.69, 9.17) is 5.73 Å². The van der Waals surface area contributed by atoms with Crippen molar-refractivity contribution in [3.05, 3.63) is 47.9 Å². The number of hydrogen-bond donors (Lipinski definition) is 1. The van der Waals surface area contributed by atoms with E-state index in [0.29, 0.717) is 16.6 Å². The van der Waals surface area contributed by atoms with E-state index in [9.17, 15) is 4.39 Å². The van der Waals surface area contributed by atoms with Crippen LogP contribution in [0, 0.1) is 5.82 Å². The number of nitrogens with zero attached hydrogens (tertiary/aromatic N) is 4. The second kappa shape index (κ2) is 4.15. The van der Waals surface area contributed by atoms with Gasteiger partial charge in [0.05, 0.1) is 5.52 Å². The Balaban J connectivity index is 2.26. The summed E-state index contributed by atoms with van der Waals surface area (Å²) in [4.78, 5) is 4.01. The lowest BCUT2D eigenvalue weighted by Crippen LogP contribution is -2.08. The summed E-state index contributed by atoms with van der Waals surface area (Å²) in [5.74, 6) is -0.345. The Morgan fingerprint density at radius 1 is 1.22 bits per heavy atom. The number of nitrogens with two attached hydrogens (primary N) is 1. The minimum atomic E-state index is -0.462. The van der Waals surface area contributed by atoms with E-state index < -0.39 is 5.82 Å². The van der Waals surface area contributed by atoms with Gasteiger partial charge in [-0.05, 0) is 18.2 Å². The highest BCUT2D eigenvalue weighted by Crippen LogP contribution is 2.18. The van der Waals surface area contributed by atoms with Crippen LogP contribution in [0.5, 0.6) is 0 Å². The van der Waals surface area contributed by atoms with Crippen molar-refractivity contribution < 1.29 is 4.39 Å². The van der Waals surface area contributed by atoms with Gasteiger partial charge in [0, 0.05) is 18.3 Å². The van der Waals surface area contributed by atoms with Crippen LogP contribution in [0.4, 0.5) is 4.39 Å². The second-order valence-corrected chi connectivity index (χ2v) is 3.80. The van der Waals surface area contributed by atoms with Crippen molar-refractivity contribution in [2.45, 2.75) is 6.54 Å². The van der Waals surface area contributed by atoms with Crippen LogP contribution in [0.2, 0.25) is 0 Å². The van der Waals surface area contributed by atoms with Crippen molar-refractivity contribution in [1.82, 2.24) is 20.0 Å². The van der Waals surface area contributed by atoms with E-state index in [1.807, 2.05) is 24.3 Å². The molecule has 1 aromatic carbocycles. The normalized spacial score (nSPS) is 11.0. The summed E-state index contributed by atoms with van der Waals surface area (Å²) in [5, 5.41) is 7.89. The zero-order valence-corrected chi connectivity index (χ0v) is 9.42. The summed E-state index contributed by atoms with van der Waals surface area (Å²) >= 11 is 0. The van der Waals surface area contributed by atoms with Gasteiger partial charge < -0.3 is 5.73 Å². The highest BCUT2D eigenvalue weighted by Gasteiger charge is 2.14. The molecule has 0 fully saturated rings. The molecule has 18 heavy (non-hydrogen) atoms. The monoisotopic (exact) mass is 243 g/mol. The zero-order chi connectivity index (χ0) is 12.5. The molecule has 0 saturated carbocycles. The van der Waals surface area contributed by atoms with Gasteiger partial charge in [0.15, 0.2) is 11.6 Å². The molecule has 0 saturated heterocycles. The molecule has 0 bridgehead atoms. The molecule has 2 aromatic heterocycles. The molecule has 3 rings (SSSR count). The summed E-state index contributed by atoms with van der Waals surface area (Å²) < 4.78 is 15.5. The third-order valence-electron chi connectivity index (χ3n) is 2.72. The maximum Gasteiger partial charge on any atom is 0.192 e. The third-order valence-corrected chi connectivity index (χ3v) is 2.72. The van der Waals surface area contributed by atoms with E-state index in [0.717, 1.165) is 0 Å². The lowest BCUT2D eigenvalue weighted by Gasteiger charge is -2.05. The van der Waals surface area contributed by atoms with Crippen molar-refractivity contribution >= 4 is 11.0 Å². The number of benzene rings is 1. The van der Waals surface area contributed by atoms with Crippen LogP contribution in [-0.2, 0) is 6.54 Å². The van der Waals surface area contributed by atoms with Gasteiger partial charge in [0.25, 0.3) is 0 Å². The van der Waals surface area contributed by atoms with Crippen molar-refractivity contribution in [1.29, 1.82) is 0 Å². The molecule has 0 aliphatic carbocycles. The number of pyridine rings is 1. The summed E-state index contributed by atoms with van der Waals surface area (Å²) in [5.41, 5.74) is 7.27. The summed E-state index contributed by atoms with van der Waals surface area (Å²) in [6, 6.07) is 8.86. The fraction of sp³-hybridized carbons (Fsp3) is 0.0833. The molecule has 2 N–H and O–H groups in total. The van der Waals surface area contributed by atoms with Crippen molar-refractivity contribution in [2.24, 2.45) is 5.73 Å². The quantitative estimate of drug-likeness (QED) is 0.738. The molecule has 5 nitrogen and oxygen atoms in total. The Morgan fingerprint density at radius 2 is 2.06 bits per heavy atom. The smallest absolute Gasteiger partial charge is 0.192 e. The Labute approximate surface area is 102 Å². The molecule has 0 aliphatic rings. The van der Waals surface area contributed by atoms with Gasteiger partial charge in [-0.1, -0.05) is 17.3 Å². The van der Waals surface area contributed by atoms with E-state index in [-0.39, 0.29) is 12.4 Å². The first-order valence-corrected chi connectivity index (χ1v) is 5.45. The molecule has 0 spiro atoms. The first-order chi connectivity index (χ1) is 8.81. The van der Waals surface area contributed by atoms with Gasteiger partial charge in [0.1, 0.15) is 5.52 Å². The average molecular weight is 243 g/mol. The second-order valence-electron chi connectivity index (χ2n) is 3.80. The predicted octanol–water partition coefficient (Wildman–Crippen LogP) is 1.41. The van der Waals surface area contributed by atoms with Crippen LogP contribution >= 0.6 is 0 Å². The number of hydrogen-bond acceptors (Lipinski definition) is 4. The molecule has 0 atom stereocenters. The van der Waals surface area contributed by atoms with E-state index in [1.54, 1.807) is 6.07 Å². The zero-order valence-electron chi connectivity index (χ0n) is 9.42. The fourth-order valence-electron chi connectivity index (χ4n) is 1.80. The van der Waals surface area contributed by atoms with Crippen LogP contribution in [0.3, 0.4) is 0 Å². The summed E-state index contributed by atoms with van der Waals surface area (Å²) in [7, 11) is 0. The molecule has 0 amide bonds. The average Bonchev–Trinajstić information content (AvgIpc) is 2.83. The Kier molecular flexibility index (Phi) is 2.49. The fourth-order valence-corrected chi connectivity index (χ4v) is 1.80. The molecule has 0 radical (unpaired) electrons. The van der Waals surface area contributed by atoms with Crippen molar-refractivity contribution in [3.8, 4) is 5.82 Å². The third kappa shape index (κ3) is 1.54. The first-order valence-electron chi connectivity index (χ1n) is 5.45. The summed E-state index contributed by atoms with van der Waals surface area (Å²) in [6.07, 6.45) is 1.51. The first kappa shape index (κ1) is 10.8. The molecule has 6 heteroatoms. The molecule has 0 unspecified atom stereocenters.